The number of nitrogens with one attached hydrogen (secondary N) is 1. The third-order valence-corrected chi connectivity index (χ3v) is 2.99. The number of hydrogen-bond donors (Lipinski definition) is 1. The van der Waals surface area contributed by atoms with Crippen molar-refractivity contribution >= 4 is 5.69 Å². The molecule has 90 valence electrons. The molecule has 0 aliphatic carbocycles. The van der Waals surface area contributed by atoms with E-state index >= 15 is 0 Å². The first-order chi connectivity index (χ1) is 7.46. The Kier molecular flexibility index (Phi) is 4.40. The second-order valence-electron chi connectivity index (χ2n) is 5.51. The average Bonchev–Trinajstić information content (AvgIpc) is 2.19. The molecule has 0 amide bonds. The largest absolute Gasteiger partial charge is 0.385 e. The molecule has 1 heteroatoms. The molecule has 1 N–H and O–H groups in total. The maximum atomic E-state index is 3.53. The van der Waals surface area contributed by atoms with Crippen LogP contribution in [0.3, 0.4) is 0 Å². The lowest BCUT2D eigenvalue weighted by atomic mass is 9.83. The molecule has 0 unspecified atom stereocenters. The second kappa shape index (κ2) is 5.38. The van der Waals surface area contributed by atoms with Crippen molar-refractivity contribution in [3.63, 3.8) is 0 Å². The Hall–Kier alpha value is -0.980. The summed E-state index contributed by atoms with van der Waals surface area (Å²) in [5.41, 5.74) is 4.35. The molecule has 0 saturated carbocycles. The highest BCUT2D eigenvalue weighted by Gasteiger charge is 2.17. The van der Waals surface area contributed by atoms with Gasteiger partial charge in [0.15, 0.2) is 0 Å². The van der Waals surface area contributed by atoms with Crippen LogP contribution in [-0.2, 0) is 5.41 Å². The Morgan fingerprint density at radius 2 is 1.88 bits per heavy atom. The SMILES string of the molecule is CCCCNc1cccc(C(C)(C)C)c1C. The van der Waals surface area contributed by atoms with Crippen LogP contribution in [0.15, 0.2) is 18.2 Å². The monoisotopic (exact) mass is 219 g/mol. The minimum absolute atomic E-state index is 0.229. The van der Waals surface area contributed by atoms with E-state index in [9.17, 15) is 0 Å². The predicted molar refractivity (Wildman–Crippen MR) is 73.3 cm³/mol. The average molecular weight is 219 g/mol. The van der Waals surface area contributed by atoms with E-state index in [-0.39, 0.29) is 5.41 Å². The van der Waals surface area contributed by atoms with Gasteiger partial charge in [-0.05, 0) is 36.0 Å². The second-order valence-corrected chi connectivity index (χ2v) is 5.51. The highest BCUT2D eigenvalue weighted by atomic mass is 14.9. The van der Waals surface area contributed by atoms with Crippen LogP contribution >= 0.6 is 0 Å². The number of unbranched alkanes of at least 4 members (excludes halogenated alkanes) is 1. The van der Waals surface area contributed by atoms with E-state index in [1.165, 1.54) is 29.7 Å². The van der Waals surface area contributed by atoms with E-state index in [2.05, 4.69) is 58.1 Å². The molecule has 1 aromatic rings. The van der Waals surface area contributed by atoms with E-state index in [1.54, 1.807) is 0 Å². The molecule has 16 heavy (non-hydrogen) atoms. The van der Waals surface area contributed by atoms with Gasteiger partial charge in [-0.15, -0.1) is 0 Å². The van der Waals surface area contributed by atoms with Crippen LogP contribution in [-0.4, -0.2) is 6.54 Å². The Bertz CT molecular complexity index is 334. The number of benzene rings is 1. The van der Waals surface area contributed by atoms with Gasteiger partial charge in [-0.25, -0.2) is 0 Å². The molecule has 0 aliphatic rings. The van der Waals surface area contributed by atoms with Gasteiger partial charge in [0.1, 0.15) is 0 Å². The molecule has 0 fully saturated rings. The third kappa shape index (κ3) is 3.26. The van der Waals surface area contributed by atoms with Gasteiger partial charge < -0.3 is 5.32 Å². The lowest BCUT2D eigenvalue weighted by molar-refractivity contribution is 0.586. The summed E-state index contributed by atoms with van der Waals surface area (Å²) in [5.74, 6) is 0. The fourth-order valence-corrected chi connectivity index (χ4v) is 2.04. The van der Waals surface area contributed by atoms with Crippen molar-refractivity contribution in [3.8, 4) is 0 Å². The fraction of sp³-hybridized carbons (Fsp3) is 0.600. The van der Waals surface area contributed by atoms with E-state index in [1.807, 2.05) is 0 Å². The zero-order valence-corrected chi connectivity index (χ0v) is 11.4. The molecule has 1 nitrogen and oxygen atoms in total. The van der Waals surface area contributed by atoms with Gasteiger partial charge in [-0.1, -0.05) is 46.2 Å². The van der Waals surface area contributed by atoms with Crippen LogP contribution in [0.5, 0.6) is 0 Å². The molecule has 0 aliphatic heterocycles. The van der Waals surface area contributed by atoms with Crippen molar-refractivity contribution in [2.75, 3.05) is 11.9 Å². The smallest absolute Gasteiger partial charge is 0.0372 e. The Morgan fingerprint density at radius 1 is 1.19 bits per heavy atom. The van der Waals surface area contributed by atoms with Crippen LogP contribution in [0.2, 0.25) is 0 Å². The Balaban J connectivity index is 2.87. The summed E-state index contributed by atoms with van der Waals surface area (Å²) in [6.07, 6.45) is 2.48. The fourth-order valence-electron chi connectivity index (χ4n) is 2.04. The van der Waals surface area contributed by atoms with E-state index in [4.69, 9.17) is 0 Å². The summed E-state index contributed by atoms with van der Waals surface area (Å²) in [6, 6.07) is 6.57. The predicted octanol–water partition coefficient (Wildman–Crippen LogP) is 4.50. The maximum absolute atomic E-state index is 3.53. The van der Waals surface area contributed by atoms with Gasteiger partial charge >= 0.3 is 0 Å². The summed E-state index contributed by atoms with van der Waals surface area (Å²) >= 11 is 0. The molecule has 0 spiro atoms. The van der Waals surface area contributed by atoms with Crippen LogP contribution in [0.1, 0.15) is 51.7 Å². The Labute approximate surface area is 100 Å². The first-order valence-corrected chi connectivity index (χ1v) is 6.30. The molecule has 0 bridgehead atoms. The normalized spacial score (nSPS) is 11.6. The van der Waals surface area contributed by atoms with Crippen molar-refractivity contribution in [3.05, 3.63) is 29.3 Å². The zero-order chi connectivity index (χ0) is 12.2. The molecule has 0 atom stereocenters. The number of hydrogen-bond acceptors (Lipinski definition) is 1. The van der Waals surface area contributed by atoms with Crippen molar-refractivity contribution < 1.29 is 0 Å². The van der Waals surface area contributed by atoms with Gasteiger partial charge in [0, 0.05) is 12.2 Å². The molecular formula is C15H25N. The lowest BCUT2D eigenvalue weighted by Gasteiger charge is -2.23. The highest BCUT2D eigenvalue weighted by Crippen LogP contribution is 2.29. The van der Waals surface area contributed by atoms with Crippen LogP contribution in [0.25, 0.3) is 0 Å². The zero-order valence-electron chi connectivity index (χ0n) is 11.4. The molecule has 0 aromatic heterocycles. The van der Waals surface area contributed by atoms with Gasteiger partial charge in [0.25, 0.3) is 0 Å². The maximum Gasteiger partial charge on any atom is 0.0372 e. The van der Waals surface area contributed by atoms with Crippen molar-refractivity contribution in [1.29, 1.82) is 0 Å². The van der Waals surface area contributed by atoms with Crippen LogP contribution in [0.4, 0.5) is 5.69 Å². The number of rotatable bonds is 4. The molecule has 1 aromatic carbocycles. The van der Waals surface area contributed by atoms with E-state index < -0.39 is 0 Å². The molecular weight excluding hydrogens is 194 g/mol. The third-order valence-electron chi connectivity index (χ3n) is 2.99. The standard InChI is InChI=1S/C15H25N/c1-6-7-11-16-14-10-8-9-13(12(14)2)15(3,4)5/h8-10,16H,6-7,11H2,1-5H3. The molecule has 0 radical (unpaired) electrons. The Morgan fingerprint density at radius 3 is 2.44 bits per heavy atom. The minimum atomic E-state index is 0.229. The summed E-state index contributed by atoms with van der Waals surface area (Å²) < 4.78 is 0. The van der Waals surface area contributed by atoms with Gasteiger partial charge in [0.2, 0.25) is 0 Å². The lowest BCUT2D eigenvalue weighted by Crippen LogP contribution is -2.14. The minimum Gasteiger partial charge on any atom is -0.385 e. The molecule has 0 saturated heterocycles. The van der Waals surface area contributed by atoms with Crippen LogP contribution in [0, 0.1) is 6.92 Å². The summed E-state index contributed by atoms with van der Waals surface area (Å²) in [4.78, 5) is 0. The summed E-state index contributed by atoms with van der Waals surface area (Å²) in [5, 5.41) is 3.53. The first-order valence-electron chi connectivity index (χ1n) is 6.30. The molecule has 0 heterocycles. The number of anilines is 1. The first kappa shape index (κ1) is 13.1. The van der Waals surface area contributed by atoms with Gasteiger partial charge in [0.05, 0.1) is 0 Å². The van der Waals surface area contributed by atoms with Crippen LogP contribution < -0.4 is 5.32 Å². The summed E-state index contributed by atoms with van der Waals surface area (Å²) in [6.45, 7) is 12.3. The van der Waals surface area contributed by atoms with Gasteiger partial charge in [-0.2, -0.15) is 0 Å². The van der Waals surface area contributed by atoms with Gasteiger partial charge in [-0.3, -0.25) is 0 Å². The van der Waals surface area contributed by atoms with E-state index in [0.29, 0.717) is 0 Å². The topological polar surface area (TPSA) is 12.0 Å². The molecule has 1 rings (SSSR count). The highest BCUT2D eigenvalue weighted by molar-refractivity contribution is 5.55. The quantitative estimate of drug-likeness (QED) is 0.735. The van der Waals surface area contributed by atoms with Crippen molar-refractivity contribution in [2.24, 2.45) is 0 Å². The van der Waals surface area contributed by atoms with E-state index in [0.717, 1.165) is 6.54 Å². The van der Waals surface area contributed by atoms with Crippen molar-refractivity contribution in [1.82, 2.24) is 0 Å². The summed E-state index contributed by atoms with van der Waals surface area (Å²) in [7, 11) is 0. The van der Waals surface area contributed by atoms with Crippen molar-refractivity contribution in [2.45, 2.75) is 52.9 Å².